The lowest BCUT2D eigenvalue weighted by Crippen LogP contribution is -2.24. The van der Waals surface area contributed by atoms with Crippen molar-refractivity contribution in [3.05, 3.63) is 26.9 Å². The van der Waals surface area contributed by atoms with Gasteiger partial charge in [-0.2, -0.15) is 13.2 Å². The highest BCUT2D eigenvalue weighted by Gasteiger charge is 2.40. The van der Waals surface area contributed by atoms with Gasteiger partial charge in [0.15, 0.2) is 0 Å². The third kappa shape index (κ3) is 3.23. The molecule has 0 aliphatic heterocycles. The van der Waals surface area contributed by atoms with Crippen LogP contribution in [0.1, 0.15) is 19.7 Å². The molecule has 4 nitrogen and oxygen atoms in total. The van der Waals surface area contributed by atoms with Crippen LogP contribution in [0.2, 0.25) is 0 Å². The van der Waals surface area contributed by atoms with Gasteiger partial charge in [0.25, 0.3) is 0 Å². The Morgan fingerprint density at radius 1 is 1.33 bits per heavy atom. The number of alkyl halides is 3. The van der Waals surface area contributed by atoms with Crippen molar-refractivity contribution >= 4 is 49.0 Å². The fourth-order valence-electron chi connectivity index (χ4n) is 1.73. The first-order valence-electron chi connectivity index (χ1n) is 5.77. The predicted octanol–water partition coefficient (Wildman–Crippen LogP) is 4.97. The summed E-state index contributed by atoms with van der Waals surface area (Å²) in [6.07, 6.45) is -6.45. The number of carbonyl (C=O) groups excluding carboxylic acids is 1. The van der Waals surface area contributed by atoms with Crippen molar-refractivity contribution in [1.29, 1.82) is 0 Å². The predicted molar refractivity (Wildman–Crippen MR) is 77.2 cm³/mol. The lowest BCUT2D eigenvalue weighted by atomic mass is 10.3. The van der Waals surface area contributed by atoms with Crippen molar-refractivity contribution in [3.63, 3.8) is 0 Å². The van der Waals surface area contributed by atoms with E-state index < -0.39 is 24.2 Å². The highest BCUT2D eigenvalue weighted by molar-refractivity contribution is 9.11. The molecule has 0 fully saturated rings. The fraction of sp³-hybridized carbons (Fsp3) is 0.333. The number of aromatic nitrogens is 2. The molecule has 21 heavy (non-hydrogen) atoms. The molecule has 0 atom stereocenters. The molecule has 1 aromatic heterocycles. The van der Waals surface area contributed by atoms with Crippen LogP contribution in [0.4, 0.5) is 18.0 Å². The van der Waals surface area contributed by atoms with Crippen LogP contribution in [0.5, 0.6) is 0 Å². The molecule has 0 bridgehead atoms. The van der Waals surface area contributed by atoms with Crippen molar-refractivity contribution in [3.8, 4) is 0 Å². The van der Waals surface area contributed by atoms with Crippen LogP contribution >= 0.6 is 31.9 Å². The zero-order valence-corrected chi connectivity index (χ0v) is 14.0. The number of carbonyl (C=O) groups is 1. The number of hydrogen-bond acceptors (Lipinski definition) is 3. The summed E-state index contributed by atoms with van der Waals surface area (Å²) >= 11 is 6.31. The molecule has 0 spiro atoms. The topological polar surface area (TPSA) is 44.1 Å². The summed E-state index contributed by atoms with van der Waals surface area (Å²) in [4.78, 5) is 15.5. The van der Waals surface area contributed by atoms with Gasteiger partial charge in [0.2, 0.25) is 5.82 Å². The summed E-state index contributed by atoms with van der Waals surface area (Å²) in [6.45, 7) is 3.10. The van der Waals surface area contributed by atoms with Gasteiger partial charge in [0, 0.05) is 8.95 Å². The third-order valence-electron chi connectivity index (χ3n) is 2.45. The molecule has 1 aromatic carbocycles. The van der Waals surface area contributed by atoms with E-state index in [0.717, 1.165) is 0 Å². The van der Waals surface area contributed by atoms with Gasteiger partial charge in [0.05, 0.1) is 11.6 Å². The number of nitrogens with zero attached hydrogens (tertiary/aromatic N) is 2. The average molecular weight is 430 g/mol. The van der Waals surface area contributed by atoms with Crippen molar-refractivity contribution in [2.24, 2.45) is 0 Å². The first-order valence-corrected chi connectivity index (χ1v) is 7.35. The quantitative estimate of drug-likeness (QED) is 0.642. The van der Waals surface area contributed by atoms with Gasteiger partial charge in [-0.15, -0.1) is 0 Å². The maximum atomic E-state index is 13.1. The monoisotopic (exact) mass is 428 g/mol. The highest BCUT2D eigenvalue weighted by Crippen LogP contribution is 2.35. The summed E-state index contributed by atoms with van der Waals surface area (Å²) in [5, 5.41) is 0. The zero-order valence-electron chi connectivity index (χ0n) is 10.8. The second-order valence-corrected chi connectivity index (χ2v) is 6.23. The standard InChI is InChI=1S/C12H9Br2F3N2O2/c1-5(2)21-11(20)19-8-4-6(13)3-7(14)9(8)18-10(19)12(15,16)17/h3-5H,1-2H3. The summed E-state index contributed by atoms with van der Waals surface area (Å²) in [6, 6.07) is 2.93. The largest absolute Gasteiger partial charge is 0.450 e. The Kier molecular flexibility index (Phi) is 4.34. The van der Waals surface area contributed by atoms with Crippen LogP contribution in [0.3, 0.4) is 0 Å². The fourth-order valence-corrected chi connectivity index (χ4v) is 3.02. The maximum absolute atomic E-state index is 13.1. The number of ether oxygens (including phenoxy) is 1. The van der Waals surface area contributed by atoms with E-state index in [-0.39, 0.29) is 11.0 Å². The number of benzene rings is 1. The molecule has 0 N–H and O–H groups in total. The van der Waals surface area contributed by atoms with Crippen LogP contribution in [-0.2, 0) is 10.9 Å². The Balaban J connectivity index is 2.77. The first kappa shape index (κ1) is 16.3. The smallest absolute Gasteiger partial charge is 0.446 e. The lowest BCUT2D eigenvalue weighted by Gasteiger charge is -2.12. The molecule has 0 saturated carbocycles. The summed E-state index contributed by atoms with van der Waals surface area (Å²) in [5.74, 6) is -1.32. The van der Waals surface area contributed by atoms with E-state index >= 15 is 0 Å². The van der Waals surface area contributed by atoms with Gasteiger partial charge in [0.1, 0.15) is 5.52 Å². The molecule has 9 heteroatoms. The van der Waals surface area contributed by atoms with E-state index in [4.69, 9.17) is 4.74 Å². The highest BCUT2D eigenvalue weighted by atomic mass is 79.9. The zero-order chi connectivity index (χ0) is 15.9. The van der Waals surface area contributed by atoms with E-state index in [2.05, 4.69) is 36.8 Å². The molecule has 0 aliphatic rings. The maximum Gasteiger partial charge on any atom is 0.450 e. The van der Waals surface area contributed by atoms with Gasteiger partial charge in [-0.05, 0) is 41.9 Å². The summed E-state index contributed by atoms with van der Waals surface area (Å²) in [5.41, 5.74) is 0.0421. The normalized spacial score (nSPS) is 12.2. The Morgan fingerprint density at radius 3 is 2.48 bits per heavy atom. The van der Waals surface area contributed by atoms with Crippen molar-refractivity contribution in [2.45, 2.75) is 26.1 Å². The van der Waals surface area contributed by atoms with E-state index in [1.807, 2.05) is 0 Å². The Hall–Kier alpha value is -1.09. The summed E-state index contributed by atoms with van der Waals surface area (Å²) < 4.78 is 45.5. The van der Waals surface area contributed by atoms with E-state index in [1.54, 1.807) is 19.9 Å². The number of hydrogen-bond donors (Lipinski definition) is 0. The Bertz CT molecular complexity index is 711. The van der Waals surface area contributed by atoms with Crippen LogP contribution in [-0.4, -0.2) is 21.7 Å². The van der Waals surface area contributed by atoms with E-state index in [9.17, 15) is 18.0 Å². The van der Waals surface area contributed by atoms with Crippen molar-refractivity contribution < 1.29 is 22.7 Å². The molecular weight excluding hydrogens is 421 g/mol. The van der Waals surface area contributed by atoms with Crippen LogP contribution < -0.4 is 0 Å². The Morgan fingerprint density at radius 2 is 1.95 bits per heavy atom. The summed E-state index contributed by atoms with van der Waals surface area (Å²) in [7, 11) is 0. The molecule has 0 radical (unpaired) electrons. The van der Waals surface area contributed by atoms with Gasteiger partial charge in [-0.1, -0.05) is 15.9 Å². The lowest BCUT2D eigenvalue weighted by molar-refractivity contribution is -0.146. The van der Waals surface area contributed by atoms with Crippen molar-refractivity contribution in [1.82, 2.24) is 9.55 Å². The van der Waals surface area contributed by atoms with E-state index in [1.165, 1.54) is 6.07 Å². The minimum atomic E-state index is -4.78. The Labute approximate surface area is 134 Å². The molecule has 2 aromatic rings. The number of halogens is 5. The number of fused-ring (bicyclic) bond motifs is 1. The molecule has 0 amide bonds. The number of rotatable bonds is 1. The molecule has 0 saturated heterocycles. The second kappa shape index (κ2) is 5.60. The van der Waals surface area contributed by atoms with Gasteiger partial charge in [-0.25, -0.2) is 14.3 Å². The molecular formula is C12H9Br2F3N2O2. The van der Waals surface area contributed by atoms with Crippen LogP contribution in [0.25, 0.3) is 11.0 Å². The first-order chi connectivity index (χ1) is 9.61. The molecule has 1 heterocycles. The average Bonchev–Trinajstić information content (AvgIpc) is 2.66. The molecule has 0 unspecified atom stereocenters. The SMILES string of the molecule is CC(C)OC(=O)n1c(C(F)(F)F)nc2c(Br)cc(Br)cc21. The minimum absolute atomic E-state index is 0.00854. The third-order valence-corrected chi connectivity index (χ3v) is 3.51. The molecule has 2 rings (SSSR count). The second-order valence-electron chi connectivity index (χ2n) is 4.46. The van der Waals surface area contributed by atoms with E-state index in [0.29, 0.717) is 13.5 Å². The van der Waals surface area contributed by atoms with Gasteiger partial charge < -0.3 is 4.74 Å². The van der Waals surface area contributed by atoms with Crippen LogP contribution in [0, 0.1) is 0 Å². The number of imidazole rings is 1. The van der Waals surface area contributed by atoms with Crippen molar-refractivity contribution in [2.75, 3.05) is 0 Å². The van der Waals surface area contributed by atoms with Gasteiger partial charge >= 0.3 is 12.3 Å². The van der Waals surface area contributed by atoms with Gasteiger partial charge in [-0.3, -0.25) is 0 Å². The van der Waals surface area contributed by atoms with Crippen LogP contribution in [0.15, 0.2) is 21.1 Å². The minimum Gasteiger partial charge on any atom is -0.446 e. The molecule has 0 aliphatic carbocycles. The molecule has 114 valence electrons.